The average Bonchev–Trinajstić information content (AvgIpc) is 3.35. The van der Waals surface area contributed by atoms with Crippen LogP contribution in [0.3, 0.4) is 0 Å². The molecular formula is C27H24F3N5O2. The highest BCUT2D eigenvalue weighted by molar-refractivity contribution is 5.98. The summed E-state index contributed by atoms with van der Waals surface area (Å²) in [5, 5.41) is 0. The van der Waals surface area contributed by atoms with Crippen molar-refractivity contribution in [3.05, 3.63) is 82.8 Å². The van der Waals surface area contributed by atoms with E-state index in [4.69, 9.17) is 15.5 Å². The van der Waals surface area contributed by atoms with E-state index in [-0.39, 0.29) is 23.4 Å². The minimum absolute atomic E-state index is 0.0230. The zero-order valence-corrected chi connectivity index (χ0v) is 20.4. The molecule has 0 spiro atoms. The van der Waals surface area contributed by atoms with Gasteiger partial charge in [-0.05, 0) is 50.6 Å². The molecule has 1 aromatic carbocycles. The number of fused-ring (bicyclic) bond motifs is 9. The Labute approximate surface area is 210 Å². The van der Waals surface area contributed by atoms with E-state index in [1.807, 2.05) is 22.7 Å². The molecule has 2 aliphatic rings. The van der Waals surface area contributed by atoms with E-state index in [1.165, 1.54) is 12.1 Å². The molecule has 0 fully saturated rings. The fourth-order valence-electron chi connectivity index (χ4n) is 5.58. The predicted octanol–water partition coefficient (Wildman–Crippen LogP) is 4.99. The lowest BCUT2D eigenvalue weighted by Gasteiger charge is -2.24. The standard InChI is InChI=1S/C27H24F3N5O2/c1-27(2,31)24-17(28)9-14(11-32-24)13-7-8-20-33-22-18-10-16(23(22)35(20)12-13)21-15(25(36)34(18)3)5-4-6-19(21)37-26(29)30/h4-9,11-12,16,18,26H,10,31H2,1-3H3. The molecule has 10 heteroatoms. The maximum atomic E-state index is 14.8. The average molecular weight is 508 g/mol. The van der Waals surface area contributed by atoms with Crippen molar-refractivity contribution in [2.45, 2.75) is 44.4 Å². The van der Waals surface area contributed by atoms with E-state index >= 15 is 0 Å². The maximum absolute atomic E-state index is 14.8. The number of carbonyl (C=O) groups excluding carboxylic acids is 1. The first kappa shape index (κ1) is 23.5. The van der Waals surface area contributed by atoms with E-state index in [0.29, 0.717) is 40.0 Å². The van der Waals surface area contributed by atoms with Crippen molar-refractivity contribution in [3.8, 4) is 16.9 Å². The van der Waals surface area contributed by atoms with Crippen molar-refractivity contribution >= 4 is 11.6 Å². The SMILES string of the molecule is CN1C(=O)c2cccc(OC(F)F)c2C2CC1c1nc3ccc(-c4cnc(C(C)(C)N)c(F)c4)cn3c12. The van der Waals surface area contributed by atoms with Gasteiger partial charge in [-0.25, -0.2) is 9.37 Å². The van der Waals surface area contributed by atoms with Crippen molar-refractivity contribution < 1.29 is 22.7 Å². The number of alkyl halides is 2. The summed E-state index contributed by atoms with van der Waals surface area (Å²) in [6.07, 6.45) is 3.89. The second kappa shape index (κ2) is 8.04. The highest BCUT2D eigenvalue weighted by atomic mass is 19.3. The topological polar surface area (TPSA) is 85.8 Å². The summed E-state index contributed by atoms with van der Waals surface area (Å²) < 4.78 is 48.2. The van der Waals surface area contributed by atoms with Crippen LogP contribution in [0.15, 0.2) is 48.8 Å². The zero-order valence-electron chi connectivity index (χ0n) is 20.4. The molecule has 1 aliphatic carbocycles. The first-order valence-corrected chi connectivity index (χ1v) is 11.9. The van der Waals surface area contributed by atoms with Crippen LogP contribution in [0.2, 0.25) is 0 Å². The van der Waals surface area contributed by atoms with E-state index in [9.17, 15) is 18.0 Å². The first-order chi connectivity index (χ1) is 17.5. The monoisotopic (exact) mass is 507 g/mol. The fourth-order valence-corrected chi connectivity index (χ4v) is 5.58. The highest BCUT2D eigenvalue weighted by Gasteiger charge is 2.46. The largest absolute Gasteiger partial charge is 0.434 e. The molecule has 6 rings (SSSR count). The Morgan fingerprint density at radius 3 is 2.68 bits per heavy atom. The summed E-state index contributed by atoms with van der Waals surface area (Å²) in [6.45, 7) is 0.341. The normalized spacial score (nSPS) is 18.8. The van der Waals surface area contributed by atoms with Crippen LogP contribution in [-0.2, 0) is 5.54 Å². The molecule has 0 saturated carbocycles. The number of hydrogen-bond donors (Lipinski definition) is 1. The number of aromatic nitrogens is 3. The Kier molecular flexibility index (Phi) is 5.10. The number of nitrogens with two attached hydrogens (primary N) is 1. The Hall–Kier alpha value is -3.92. The van der Waals surface area contributed by atoms with Gasteiger partial charge >= 0.3 is 6.61 Å². The molecule has 190 valence electrons. The maximum Gasteiger partial charge on any atom is 0.387 e. The molecule has 0 radical (unpaired) electrons. The number of nitrogens with zero attached hydrogens (tertiary/aromatic N) is 4. The number of ether oxygens (including phenoxy) is 1. The van der Waals surface area contributed by atoms with E-state index < -0.39 is 23.9 Å². The van der Waals surface area contributed by atoms with Gasteiger partial charge in [-0.1, -0.05) is 6.07 Å². The van der Waals surface area contributed by atoms with Crippen molar-refractivity contribution in [2.75, 3.05) is 7.05 Å². The molecule has 37 heavy (non-hydrogen) atoms. The van der Waals surface area contributed by atoms with Gasteiger partial charge in [0.15, 0.2) is 0 Å². The van der Waals surface area contributed by atoms with Gasteiger partial charge in [0.25, 0.3) is 5.91 Å². The molecule has 1 aliphatic heterocycles. The number of benzene rings is 1. The van der Waals surface area contributed by atoms with Gasteiger partial charge in [0.1, 0.15) is 17.2 Å². The van der Waals surface area contributed by atoms with Crippen LogP contribution in [0.1, 0.15) is 65.2 Å². The third kappa shape index (κ3) is 3.58. The Morgan fingerprint density at radius 2 is 1.97 bits per heavy atom. The molecule has 2 N–H and O–H groups in total. The molecule has 0 saturated heterocycles. The summed E-state index contributed by atoms with van der Waals surface area (Å²) >= 11 is 0. The van der Waals surface area contributed by atoms with Crippen molar-refractivity contribution in [3.63, 3.8) is 0 Å². The van der Waals surface area contributed by atoms with Gasteiger partial charge in [-0.15, -0.1) is 0 Å². The summed E-state index contributed by atoms with van der Waals surface area (Å²) in [4.78, 5) is 23.9. The van der Waals surface area contributed by atoms with E-state index in [1.54, 1.807) is 44.1 Å². The molecule has 4 aromatic rings. The summed E-state index contributed by atoms with van der Waals surface area (Å²) in [6, 6.07) is 9.34. The molecule has 2 bridgehead atoms. The van der Waals surface area contributed by atoms with Gasteiger partial charge in [0.05, 0.1) is 28.7 Å². The van der Waals surface area contributed by atoms with Crippen LogP contribution in [0.4, 0.5) is 13.2 Å². The Bertz CT molecular complexity index is 1580. The Morgan fingerprint density at radius 1 is 1.19 bits per heavy atom. The smallest absolute Gasteiger partial charge is 0.387 e. The summed E-state index contributed by atoms with van der Waals surface area (Å²) in [5.41, 5.74) is 9.42. The van der Waals surface area contributed by atoms with E-state index in [0.717, 1.165) is 5.69 Å². The molecule has 3 aromatic heterocycles. The second-order valence-electron chi connectivity index (χ2n) is 10.1. The predicted molar refractivity (Wildman–Crippen MR) is 130 cm³/mol. The fraction of sp³-hybridized carbons (Fsp3) is 0.296. The lowest BCUT2D eigenvalue weighted by atomic mass is 9.91. The lowest BCUT2D eigenvalue weighted by molar-refractivity contribution is -0.0506. The van der Waals surface area contributed by atoms with Gasteiger partial charge in [-0.3, -0.25) is 9.78 Å². The van der Waals surface area contributed by atoms with Crippen LogP contribution in [0.25, 0.3) is 16.8 Å². The molecule has 1 amide bonds. The number of carbonyl (C=O) groups is 1. The van der Waals surface area contributed by atoms with Crippen molar-refractivity contribution in [1.82, 2.24) is 19.3 Å². The number of imidazole rings is 1. The van der Waals surface area contributed by atoms with Crippen LogP contribution in [-0.4, -0.2) is 38.8 Å². The molecule has 4 heterocycles. The highest BCUT2D eigenvalue weighted by Crippen LogP contribution is 2.52. The first-order valence-electron chi connectivity index (χ1n) is 11.9. The Balaban J connectivity index is 1.53. The number of hydrogen-bond acceptors (Lipinski definition) is 5. The minimum Gasteiger partial charge on any atom is -0.434 e. The summed E-state index contributed by atoms with van der Waals surface area (Å²) in [7, 11) is 1.69. The number of pyridine rings is 2. The minimum atomic E-state index is -3.03. The van der Waals surface area contributed by atoms with Crippen molar-refractivity contribution in [2.24, 2.45) is 5.73 Å². The molecular weight excluding hydrogens is 483 g/mol. The second-order valence-corrected chi connectivity index (χ2v) is 10.1. The third-order valence-electron chi connectivity index (χ3n) is 7.22. The number of rotatable bonds is 4. The van der Waals surface area contributed by atoms with Gasteiger partial charge in [-0.2, -0.15) is 8.78 Å². The van der Waals surface area contributed by atoms with Gasteiger partial charge < -0.3 is 19.8 Å². The summed E-state index contributed by atoms with van der Waals surface area (Å²) in [5.74, 6) is -1.20. The molecule has 7 nitrogen and oxygen atoms in total. The van der Waals surface area contributed by atoms with Gasteiger partial charge in [0, 0.05) is 47.6 Å². The van der Waals surface area contributed by atoms with E-state index in [2.05, 4.69) is 4.98 Å². The van der Waals surface area contributed by atoms with Crippen LogP contribution in [0, 0.1) is 5.82 Å². The van der Waals surface area contributed by atoms with Crippen LogP contribution < -0.4 is 10.5 Å². The van der Waals surface area contributed by atoms with Crippen LogP contribution >= 0.6 is 0 Å². The molecule has 2 unspecified atom stereocenters. The number of amides is 1. The molecule has 2 atom stereocenters. The number of halogens is 3. The quantitative estimate of drug-likeness (QED) is 0.421. The lowest BCUT2D eigenvalue weighted by Crippen LogP contribution is -2.31. The van der Waals surface area contributed by atoms with Gasteiger partial charge in [0.2, 0.25) is 0 Å². The van der Waals surface area contributed by atoms with Crippen LogP contribution in [0.5, 0.6) is 5.75 Å². The van der Waals surface area contributed by atoms with Crippen molar-refractivity contribution in [1.29, 1.82) is 0 Å². The third-order valence-corrected chi connectivity index (χ3v) is 7.22. The zero-order chi connectivity index (χ0) is 26.2.